The molecule has 0 aromatic carbocycles. The molecule has 0 radical (unpaired) electrons. The van der Waals surface area contributed by atoms with E-state index >= 15 is 0 Å². The number of Topliss-reactive ketones (excluding diaryl/α,β-unsaturated/α-hetero) is 1. The Morgan fingerprint density at radius 3 is 2.58 bits per heavy atom. The Kier molecular flexibility index (Phi) is 4.55. The molecule has 5 heteroatoms. The molecule has 0 atom stereocenters. The van der Waals surface area contributed by atoms with Crippen molar-refractivity contribution in [3.05, 3.63) is 28.2 Å². The Labute approximate surface area is 88.1 Å². The molecule has 12 heavy (non-hydrogen) atoms. The van der Waals surface area contributed by atoms with E-state index in [2.05, 4.69) is 20.9 Å². The minimum Gasteiger partial charge on any atom is -0.294 e. The van der Waals surface area contributed by atoms with Crippen molar-refractivity contribution in [3.63, 3.8) is 0 Å². The van der Waals surface area contributed by atoms with Crippen LogP contribution in [-0.4, -0.2) is 10.8 Å². The van der Waals surface area contributed by atoms with Gasteiger partial charge in [-0.05, 0) is 28.9 Å². The second-order valence-corrected chi connectivity index (χ2v) is 2.87. The summed E-state index contributed by atoms with van der Waals surface area (Å²) in [7, 11) is 0. The van der Waals surface area contributed by atoms with Crippen LogP contribution in [0.3, 0.4) is 0 Å². The lowest BCUT2D eigenvalue weighted by Gasteiger charge is -1.98. The lowest BCUT2D eigenvalue weighted by molar-refractivity contribution is 0.101. The second-order valence-electron chi connectivity index (χ2n) is 2.01. The van der Waals surface area contributed by atoms with E-state index in [-0.39, 0.29) is 28.3 Å². The summed E-state index contributed by atoms with van der Waals surface area (Å²) < 4.78 is 13.2. The molecule has 0 saturated carbocycles. The maximum atomic E-state index is 12.7. The summed E-state index contributed by atoms with van der Waals surface area (Å²) >= 11 is 3.05. The number of pyridine rings is 1. The molecule has 0 spiro atoms. The summed E-state index contributed by atoms with van der Waals surface area (Å²) in [4.78, 5) is 14.1. The first-order chi connectivity index (χ1) is 5.13. The third-order valence-corrected chi connectivity index (χ3v) is 1.87. The largest absolute Gasteiger partial charge is 0.294 e. The van der Waals surface area contributed by atoms with E-state index < -0.39 is 5.95 Å². The van der Waals surface area contributed by atoms with Crippen LogP contribution in [0, 0.1) is 5.95 Å². The Hall–Kier alpha value is -0.290. The van der Waals surface area contributed by atoms with Crippen molar-refractivity contribution in [2.75, 3.05) is 0 Å². The van der Waals surface area contributed by atoms with E-state index in [9.17, 15) is 9.18 Å². The molecule has 1 aromatic rings. The fraction of sp³-hybridized carbons (Fsp3) is 0.143. The molecular weight excluding hydrogens is 293 g/mol. The molecule has 0 fully saturated rings. The quantitative estimate of drug-likeness (QED) is 0.589. The van der Waals surface area contributed by atoms with Crippen LogP contribution >= 0.6 is 32.9 Å². The van der Waals surface area contributed by atoms with Crippen molar-refractivity contribution < 1.29 is 9.18 Å². The monoisotopic (exact) mass is 297 g/mol. The molecule has 0 aliphatic carbocycles. The van der Waals surface area contributed by atoms with Crippen molar-refractivity contribution >= 4 is 38.7 Å². The summed E-state index contributed by atoms with van der Waals surface area (Å²) in [6, 6.07) is 1.53. The minimum atomic E-state index is -0.730. The first kappa shape index (κ1) is 11.7. The van der Waals surface area contributed by atoms with E-state index in [4.69, 9.17) is 0 Å². The van der Waals surface area contributed by atoms with Gasteiger partial charge in [-0.3, -0.25) is 4.79 Å². The van der Waals surface area contributed by atoms with Gasteiger partial charge in [-0.15, -0.1) is 17.0 Å². The van der Waals surface area contributed by atoms with Gasteiger partial charge in [0, 0.05) is 10.7 Å². The van der Waals surface area contributed by atoms with E-state index in [1.165, 1.54) is 19.2 Å². The van der Waals surface area contributed by atoms with Crippen LogP contribution in [0.25, 0.3) is 0 Å². The Balaban J connectivity index is 0.00000121. The molecule has 0 saturated heterocycles. The number of hydrogen-bond donors (Lipinski definition) is 0. The fourth-order valence-electron chi connectivity index (χ4n) is 0.728. The predicted octanol–water partition coefficient (Wildman–Crippen LogP) is 2.76. The van der Waals surface area contributed by atoms with Crippen LogP contribution in [0.5, 0.6) is 0 Å². The molecule has 0 aliphatic heterocycles. The molecule has 0 aliphatic rings. The minimum absolute atomic E-state index is 0. The highest BCUT2D eigenvalue weighted by atomic mass is 79.9. The second kappa shape index (κ2) is 4.67. The highest BCUT2D eigenvalue weighted by Gasteiger charge is 2.11. The van der Waals surface area contributed by atoms with E-state index in [0.29, 0.717) is 4.47 Å². The molecule has 1 rings (SSSR count). The molecule has 0 bridgehead atoms. The molecule has 2 nitrogen and oxygen atoms in total. The molecule has 1 aromatic heterocycles. The van der Waals surface area contributed by atoms with Crippen LogP contribution in [0.15, 0.2) is 16.7 Å². The van der Waals surface area contributed by atoms with Crippen LogP contribution in [0.4, 0.5) is 4.39 Å². The Bertz CT molecular complexity index is 283. The zero-order valence-electron chi connectivity index (χ0n) is 6.17. The van der Waals surface area contributed by atoms with Crippen molar-refractivity contribution in [2.45, 2.75) is 6.92 Å². The summed E-state index contributed by atoms with van der Waals surface area (Å²) in [6.45, 7) is 1.30. The summed E-state index contributed by atoms with van der Waals surface area (Å²) in [6.07, 6.45) is 1.30. The van der Waals surface area contributed by atoms with Gasteiger partial charge in [0.05, 0.1) is 5.56 Å². The lowest BCUT2D eigenvalue weighted by Crippen LogP contribution is -2.00. The van der Waals surface area contributed by atoms with Crippen molar-refractivity contribution in [1.82, 2.24) is 4.98 Å². The number of rotatable bonds is 1. The van der Waals surface area contributed by atoms with Crippen molar-refractivity contribution in [3.8, 4) is 0 Å². The number of hydrogen-bond acceptors (Lipinski definition) is 2. The zero-order valence-corrected chi connectivity index (χ0v) is 9.47. The highest BCUT2D eigenvalue weighted by Crippen LogP contribution is 2.17. The summed E-state index contributed by atoms with van der Waals surface area (Å²) in [5.41, 5.74) is 0.00694. The van der Waals surface area contributed by atoms with Gasteiger partial charge in [-0.25, -0.2) is 4.98 Å². The van der Waals surface area contributed by atoms with Crippen LogP contribution in [-0.2, 0) is 0 Å². The number of aromatic nitrogens is 1. The van der Waals surface area contributed by atoms with Crippen LogP contribution in [0.2, 0.25) is 0 Å². The maximum absolute atomic E-state index is 12.7. The molecule has 66 valence electrons. The van der Waals surface area contributed by atoms with Gasteiger partial charge in [-0.2, -0.15) is 4.39 Å². The van der Waals surface area contributed by atoms with Gasteiger partial charge in [0.2, 0.25) is 5.95 Å². The smallest absolute Gasteiger partial charge is 0.224 e. The summed E-state index contributed by atoms with van der Waals surface area (Å²) in [5, 5.41) is 0. The van der Waals surface area contributed by atoms with Crippen molar-refractivity contribution in [1.29, 1.82) is 0 Å². The van der Waals surface area contributed by atoms with Gasteiger partial charge < -0.3 is 0 Å². The SMILES string of the molecule is Br.CC(=O)c1c(Br)ccnc1F. The first-order valence-corrected chi connectivity index (χ1v) is 3.73. The molecule has 1 heterocycles. The van der Waals surface area contributed by atoms with E-state index in [0.717, 1.165) is 0 Å². The number of nitrogens with zero attached hydrogens (tertiary/aromatic N) is 1. The molecule has 0 N–H and O–H groups in total. The number of carbonyl (C=O) groups excluding carboxylic acids is 1. The average molecular weight is 299 g/mol. The van der Waals surface area contributed by atoms with E-state index in [1.54, 1.807) is 0 Å². The van der Waals surface area contributed by atoms with Gasteiger partial charge in [0.1, 0.15) is 0 Å². The topological polar surface area (TPSA) is 30.0 Å². The number of carbonyl (C=O) groups is 1. The average Bonchev–Trinajstić information content (AvgIpc) is 1.85. The third kappa shape index (κ3) is 2.35. The Morgan fingerprint density at radius 2 is 2.25 bits per heavy atom. The molecular formula is C7H6Br2FNO. The standard InChI is InChI=1S/C7H5BrFNO.BrH/c1-4(11)6-5(8)2-3-10-7(6)9;/h2-3H,1H3;1H. The lowest BCUT2D eigenvalue weighted by atomic mass is 10.2. The molecule has 0 amide bonds. The third-order valence-electron chi connectivity index (χ3n) is 1.21. The van der Waals surface area contributed by atoms with Crippen LogP contribution in [0.1, 0.15) is 17.3 Å². The highest BCUT2D eigenvalue weighted by molar-refractivity contribution is 9.10. The maximum Gasteiger partial charge on any atom is 0.224 e. The van der Waals surface area contributed by atoms with Gasteiger partial charge in [-0.1, -0.05) is 0 Å². The van der Waals surface area contributed by atoms with Crippen LogP contribution < -0.4 is 0 Å². The number of halogens is 3. The Morgan fingerprint density at radius 1 is 1.67 bits per heavy atom. The van der Waals surface area contributed by atoms with E-state index in [1.807, 2.05) is 0 Å². The summed E-state index contributed by atoms with van der Waals surface area (Å²) in [5.74, 6) is -1.06. The normalized spacial score (nSPS) is 8.92. The van der Waals surface area contributed by atoms with Gasteiger partial charge >= 0.3 is 0 Å². The predicted molar refractivity (Wildman–Crippen MR) is 52.2 cm³/mol. The van der Waals surface area contributed by atoms with Gasteiger partial charge in [0.25, 0.3) is 0 Å². The van der Waals surface area contributed by atoms with Crippen molar-refractivity contribution in [2.24, 2.45) is 0 Å². The fourth-order valence-corrected chi connectivity index (χ4v) is 1.29. The first-order valence-electron chi connectivity index (χ1n) is 2.94. The number of ketones is 1. The molecule has 0 unspecified atom stereocenters. The van der Waals surface area contributed by atoms with Gasteiger partial charge in [0.15, 0.2) is 5.78 Å². The zero-order chi connectivity index (χ0) is 8.43.